The van der Waals surface area contributed by atoms with Crippen molar-refractivity contribution in [3.05, 3.63) is 78.7 Å². The number of anilines is 1. The molecule has 4 aromatic rings. The van der Waals surface area contributed by atoms with E-state index in [1.54, 1.807) is 11.0 Å². The summed E-state index contributed by atoms with van der Waals surface area (Å²) in [4.78, 5) is 14.0. The van der Waals surface area contributed by atoms with Crippen LogP contribution in [0, 0.1) is 0 Å². The van der Waals surface area contributed by atoms with Crippen LogP contribution in [0.4, 0.5) is 5.82 Å². The first-order valence-corrected chi connectivity index (χ1v) is 12.2. The highest BCUT2D eigenvalue weighted by Crippen LogP contribution is 2.28. The molecule has 5 heterocycles. The molecule has 1 fully saturated rings. The van der Waals surface area contributed by atoms with Crippen molar-refractivity contribution in [1.82, 2.24) is 34.6 Å². The van der Waals surface area contributed by atoms with Gasteiger partial charge in [-0.25, -0.2) is 14.5 Å². The number of nitrogens with zero attached hydrogens (tertiary/aromatic N) is 8. The second-order valence-electron chi connectivity index (χ2n) is 9.55. The predicted molar refractivity (Wildman–Crippen MR) is 140 cm³/mol. The Bertz CT molecular complexity index is 1440. The first-order valence-electron chi connectivity index (χ1n) is 12.2. The average molecular weight is 483 g/mol. The van der Waals surface area contributed by atoms with Crippen molar-refractivity contribution in [3.63, 3.8) is 0 Å². The molecule has 0 unspecified atom stereocenters. The van der Waals surface area contributed by atoms with E-state index in [2.05, 4.69) is 48.5 Å². The first-order chi connectivity index (χ1) is 17.5. The zero-order valence-electron chi connectivity index (χ0n) is 20.5. The Morgan fingerprint density at radius 1 is 0.972 bits per heavy atom. The Kier molecular flexibility index (Phi) is 5.45. The number of benzene rings is 1. The van der Waals surface area contributed by atoms with Crippen molar-refractivity contribution in [2.45, 2.75) is 12.5 Å². The van der Waals surface area contributed by atoms with Crippen LogP contribution in [-0.4, -0.2) is 68.0 Å². The molecule has 6 rings (SSSR count). The SMILES string of the molecule is Cn1cc(-c2cc3c(N4CCN(C5=NC=C([C@@](C)(N)c6ccccc6)CN5)CC4)ncnn3c2)cn1. The molecule has 0 radical (unpaired) electrons. The van der Waals surface area contributed by atoms with Gasteiger partial charge in [0.2, 0.25) is 0 Å². The third-order valence-electron chi connectivity index (χ3n) is 7.12. The summed E-state index contributed by atoms with van der Waals surface area (Å²) in [6.45, 7) is 6.10. The van der Waals surface area contributed by atoms with E-state index in [0.29, 0.717) is 6.54 Å². The topological polar surface area (TPSA) is 105 Å². The van der Waals surface area contributed by atoms with Gasteiger partial charge in [0.25, 0.3) is 0 Å². The molecule has 10 heteroatoms. The van der Waals surface area contributed by atoms with E-state index in [-0.39, 0.29) is 0 Å². The number of guanidine groups is 1. The van der Waals surface area contributed by atoms with E-state index in [1.807, 2.05) is 61.5 Å². The van der Waals surface area contributed by atoms with Crippen LogP contribution in [0.3, 0.4) is 0 Å². The molecular weight excluding hydrogens is 452 g/mol. The molecule has 184 valence electrons. The minimum absolute atomic E-state index is 0.563. The average Bonchev–Trinajstić information content (AvgIpc) is 3.55. The molecule has 1 aromatic carbocycles. The zero-order chi connectivity index (χ0) is 24.7. The minimum Gasteiger partial charge on any atom is -0.352 e. The molecular formula is C26H30N10. The third-order valence-corrected chi connectivity index (χ3v) is 7.12. The molecule has 3 aromatic heterocycles. The summed E-state index contributed by atoms with van der Waals surface area (Å²) in [5.41, 5.74) is 11.4. The molecule has 1 atom stereocenters. The fourth-order valence-corrected chi connectivity index (χ4v) is 4.90. The molecule has 0 spiro atoms. The molecule has 0 bridgehead atoms. The highest BCUT2D eigenvalue weighted by atomic mass is 15.4. The van der Waals surface area contributed by atoms with Crippen LogP contribution < -0.4 is 16.0 Å². The van der Waals surface area contributed by atoms with Gasteiger partial charge in [-0.15, -0.1) is 0 Å². The van der Waals surface area contributed by atoms with Gasteiger partial charge < -0.3 is 20.9 Å². The molecule has 10 nitrogen and oxygen atoms in total. The number of hydrogen-bond donors (Lipinski definition) is 2. The van der Waals surface area contributed by atoms with Crippen LogP contribution in [0.2, 0.25) is 0 Å². The second kappa shape index (κ2) is 8.80. The van der Waals surface area contributed by atoms with Crippen LogP contribution in [0.25, 0.3) is 16.6 Å². The number of hydrogen-bond acceptors (Lipinski definition) is 8. The van der Waals surface area contributed by atoms with Gasteiger partial charge in [-0.1, -0.05) is 30.3 Å². The largest absolute Gasteiger partial charge is 0.352 e. The van der Waals surface area contributed by atoms with Crippen molar-refractivity contribution in [2.75, 3.05) is 37.6 Å². The maximum absolute atomic E-state index is 6.69. The molecule has 36 heavy (non-hydrogen) atoms. The summed E-state index contributed by atoms with van der Waals surface area (Å²) < 4.78 is 3.70. The number of nitrogens with two attached hydrogens (primary N) is 1. The summed E-state index contributed by atoms with van der Waals surface area (Å²) in [7, 11) is 1.92. The fraction of sp³-hybridized carbons (Fsp3) is 0.308. The number of piperazine rings is 1. The van der Waals surface area contributed by atoms with Crippen molar-refractivity contribution in [1.29, 1.82) is 0 Å². The molecule has 0 aliphatic carbocycles. The maximum atomic E-state index is 6.69. The van der Waals surface area contributed by atoms with Crippen molar-refractivity contribution in [2.24, 2.45) is 17.8 Å². The lowest BCUT2D eigenvalue weighted by molar-refractivity contribution is 0.371. The summed E-state index contributed by atoms with van der Waals surface area (Å²) >= 11 is 0. The van der Waals surface area contributed by atoms with Gasteiger partial charge in [-0.3, -0.25) is 4.68 Å². The molecule has 2 aliphatic rings. The fourth-order valence-electron chi connectivity index (χ4n) is 4.90. The summed E-state index contributed by atoms with van der Waals surface area (Å²) in [6, 6.07) is 12.3. The van der Waals surface area contributed by atoms with Crippen LogP contribution >= 0.6 is 0 Å². The van der Waals surface area contributed by atoms with Crippen LogP contribution in [0.5, 0.6) is 0 Å². The van der Waals surface area contributed by atoms with Gasteiger partial charge >= 0.3 is 0 Å². The monoisotopic (exact) mass is 482 g/mol. The van der Waals surface area contributed by atoms with Crippen molar-refractivity contribution >= 4 is 17.3 Å². The normalized spacial score (nSPS) is 18.0. The summed E-state index contributed by atoms with van der Waals surface area (Å²) in [5, 5.41) is 12.2. The van der Waals surface area contributed by atoms with E-state index in [0.717, 1.165) is 65.7 Å². The number of aliphatic imine (C=N–C) groups is 1. The standard InChI is InChI=1S/C26H30N10/c1-26(27,21-6-4-3-5-7-21)22-14-28-25(29-15-22)35-10-8-34(9-11-35)24-23-12-19(17-36(23)32-18-30-24)20-13-31-33(2)16-20/h3-7,12-14,16-18H,8-11,15,27H2,1-2H3,(H,28,29)/t26-/m0/s1. The van der Waals surface area contributed by atoms with Gasteiger partial charge in [0.15, 0.2) is 11.8 Å². The highest BCUT2D eigenvalue weighted by molar-refractivity contribution is 5.82. The molecule has 0 amide bonds. The van der Waals surface area contributed by atoms with Gasteiger partial charge in [0.05, 0.1) is 11.7 Å². The van der Waals surface area contributed by atoms with Gasteiger partial charge in [0.1, 0.15) is 11.8 Å². The maximum Gasteiger partial charge on any atom is 0.198 e. The number of fused-ring (bicyclic) bond motifs is 1. The lowest BCUT2D eigenvalue weighted by Gasteiger charge is -2.38. The number of nitrogens with one attached hydrogen (secondary N) is 1. The highest BCUT2D eigenvalue weighted by Gasteiger charge is 2.29. The Morgan fingerprint density at radius 2 is 1.75 bits per heavy atom. The Morgan fingerprint density at radius 3 is 2.44 bits per heavy atom. The van der Waals surface area contributed by atoms with E-state index in [1.165, 1.54) is 0 Å². The smallest absolute Gasteiger partial charge is 0.198 e. The van der Waals surface area contributed by atoms with E-state index < -0.39 is 5.54 Å². The first kappa shape index (κ1) is 22.3. The zero-order valence-corrected chi connectivity index (χ0v) is 20.5. The molecule has 3 N–H and O–H groups in total. The van der Waals surface area contributed by atoms with E-state index >= 15 is 0 Å². The lowest BCUT2D eigenvalue weighted by atomic mass is 9.85. The Hall–Kier alpha value is -4.18. The van der Waals surface area contributed by atoms with Gasteiger partial charge in [-0.2, -0.15) is 10.2 Å². The predicted octanol–water partition coefficient (Wildman–Crippen LogP) is 1.97. The summed E-state index contributed by atoms with van der Waals surface area (Å²) in [5.74, 6) is 1.85. The number of aryl methyl sites for hydroxylation is 1. The lowest BCUT2D eigenvalue weighted by Crippen LogP contribution is -2.54. The Labute approximate surface area is 209 Å². The molecule has 2 aliphatic heterocycles. The molecule has 1 saturated heterocycles. The van der Waals surface area contributed by atoms with E-state index in [4.69, 9.17) is 10.7 Å². The van der Waals surface area contributed by atoms with Crippen LogP contribution in [0.1, 0.15) is 12.5 Å². The van der Waals surface area contributed by atoms with Crippen molar-refractivity contribution < 1.29 is 0 Å². The van der Waals surface area contributed by atoms with Crippen molar-refractivity contribution in [3.8, 4) is 11.1 Å². The molecule has 0 saturated carbocycles. The summed E-state index contributed by atoms with van der Waals surface area (Å²) in [6.07, 6.45) is 9.45. The second-order valence-corrected chi connectivity index (χ2v) is 9.55. The third kappa shape index (κ3) is 3.99. The number of rotatable bonds is 4. The Balaban J connectivity index is 1.16. The van der Waals surface area contributed by atoms with E-state index in [9.17, 15) is 0 Å². The number of aromatic nitrogens is 5. The quantitative estimate of drug-likeness (QED) is 0.458. The van der Waals surface area contributed by atoms with Gasteiger partial charge in [0, 0.05) is 69.5 Å². The van der Waals surface area contributed by atoms with Gasteiger partial charge in [-0.05, 0) is 24.1 Å². The minimum atomic E-state index is -0.563. The van der Waals surface area contributed by atoms with Crippen LogP contribution in [-0.2, 0) is 12.6 Å². The van der Waals surface area contributed by atoms with Crippen LogP contribution in [0.15, 0.2) is 78.1 Å².